The molecule has 2 aromatic rings. The Bertz CT molecular complexity index is 1130. The minimum Gasteiger partial charge on any atom is -0.475 e. The number of nitrogens with zero attached hydrogens (tertiary/aromatic N) is 2. The Balaban J connectivity index is 0.000000604. The van der Waals surface area contributed by atoms with E-state index < -0.39 is 12.1 Å². The summed E-state index contributed by atoms with van der Waals surface area (Å²) in [7, 11) is 0. The topological polar surface area (TPSA) is 163 Å². The number of hydrogen-bond acceptors (Lipinski definition) is 4. The zero-order chi connectivity index (χ0) is 27.6. The number of fused-ring (bicyclic) bond motifs is 1. The number of halogens is 3. The van der Waals surface area contributed by atoms with Crippen LogP contribution in [0.4, 0.5) is 29.3 Å². The van der Waals surface area contributed by atoms with Gasteiger partial charge < -0.3 is 32.1 Å². The zero-order valence-corrected chi connectivity index (χ0v) is 20.1. The highest BCUT2D eigenvalue weighted by Gasteiger charge is 2.38. The molecule has 3 amide bonds. The quantitative estimate of drug-likeness (QED) is 0.222. The molecule has 0 aromatic heterocycles. The molecule has 0 spiro atoms. The van der Waals surface area contributed by atoms with Gasteiger partial charge >= 0.3 is 18.2 Å². The zero-order valence-electron chi connectivity index (χ0n) is 20.1. The van der Waals surface area contributed by atoms with E-state index in [0.29, 0.717) is 38.9 Å². The third kappa shape index (κ3) is 9.70. The second-order valence-electron chi connectivity index (χ2n) is 8.17. The lowest BCUT2D eigenvalue weighted by atomic mass is 9.97. The van der Waals surface area contributed by atoms with Gasteiger partial charge in [-0.1, -0.05) is 29.8 Å². The maximum Gasteiger partial charge on any atom is 0.490 e. The second-order valence-corrected chi connectivity index (χ2v) is 8.17. The van der Waals surface area contributed by atoms with E-state index in [0.717, 1.165) is 28.1 Å². The number of guanidine groups is 1. The molecule has 10 nitrogen and oxygen atoms in total. The molecule has 2 aromatic carbocycles. The van der Waals surface area contributed by atoms with E-state index in [9.17, 15) is 22.8 Å². The van der Waals surface area contributed by atoms with Crippen molar-refractivity contribution in [2.75, 3.05) is 23.7 Å². The average molecular weight is 523 g/mol. The molecule has 1 aliphatic rings. The van der Waals surface area contributed by atoms with Gasteiger partial charge in [-0.05, 0) is 49.1 Å². The lowest BCUT2D eigenvalue weighted by molar-refractivity contribution is -0.192. The number of carbonyl (C=O) groups is 3. The molecule has 0 atom stereocenters. The van der Waals surface area contributed by atoms with E-state index in [4.69, 9.17) is 21.4 Å². The number of alkyl halides is 3. The van der Waals surface area contributed by atoms with E-state index >= 15 is 0 Å². The number of urea groups is 1. The van der Waals surface area contributed by atoms with Gasteiger partial charge in [0.15, 0.2) is 5.96 Å². The third-order valence-electron chi connectivity index (χ3n) is 5.26. The van der Waals surface area contributed by atoms with Crippen molar-refractivity contribution < 1.29 is 32.7 Å². The maximum atomic E-state index is 12.5. The highest BCUT2D eigenvalue weighted by Crippen LogP contribution is 2.27. The summed E-state index contributed by atoms with van der Waals surface area (Å²) in [6.45, 7) is 3.60. The van der Waals surface area contributed by atoms with Gasteiger partial charge in [0.25, 0.3) is 0 Å². The number of aryl methyl sites for hydroxylation is 1. The van der Waals surface area contributed by atoms with Gasteiger partial charge in [0.1, 0.15) is 0 Å². The molecule has 37 heavy (non-hydrogen) atoms. The predicted octanol–water partition coefficient (Wildman–Crippen LogP) is 3.21. The van der Waals surface area contributed by atoms with Crippen molar-refractivity contribution in [2.24, 2.45) is 16.5 Å². The van der Waals surface area contributed by atoms with Crippen LogP contribution in [0.2, 0.25) is 0 Å². The molecular formula is C24H29F3N6O4. The van der Waals surface area contributed by atoms with Gasteiger partial charge in [0.2, 0.25) is 5.91 Å². The summed E-state index contributed by atoms with van der Waals surface area (Å²) >= 11 is 0. The number of amides is 3. The lowest BCUT2D eigenvalue weighted by Crippen LogP contribution is -2.36. The highest BCUT2D eigenvalue weighted by atomic mass is 19.4. The van der Waals surface area contributed by atoms with Gasteiger partial charge in [-0.15, -0.1) is 0 Å². The fourth-order valence-corrected chi connectivity index (χ4v) is 3.46. The summed E-state index contributed by atoms with van der Waals surface area (Å²) in [4.78, 5) is 39.5. The normalized spacial score (nSPS) is 12.4. The average Bonchev–Trinajstić information content (AvgIpc) is 2.82. The number of aliphatic carboxylic acids is 1. The summed E-state index contributed by atoms with van der Waals surface area (Å²) in [6, 6.07) is 13.1. The number of hydrogen-bond donors (Lipinski definition) is 5. The Labute approximate surface area is 211 Å². The summed E-state index contributed by atoms with van der Waals surface area (Å²) in [5.41, 5.74) is 15.4. The number of carboxylic acids is 1. The monoisotopic (exact) mass is 522 g/mol. The van der Waals surface area contributed by atoms with Crippen LogP contribution >= 0.6 is 0 Å². The Morgan fingerprint density at radius 1 is 1.08 bits per heavy atom. The van der Waals surface area contributed by atoms with Crippen LogP contribution in [0.1, 0.15) is 29.5 Å². The Hall–Kier alpha value is -4.29. The fourth-order valence-electron chi connectivity index (χ4n) is 3.46. The van der Waals surface area contributed by atoms with Crippen LogP contribution in [0, 0.1) is 6.92 Å². The van der Waals surface area contributed by atoms with Crippen LogP contribution in [-0.4, -0.2) is 53.1 Å². The molecule has 0 saturated carbocycles. The van der Waals surface area contributed by atoms with Crippen LogP contribution < -0.4 is 22.1 Å². The molecule has 0 saturated heterocycles. The van der Waals surface area contributed by atoms with Crippen molar-refractivity contribution in [1.29, 1.82) is 0 Å². The summed E-state index contributed by atoms with van der Waals surface area (Å²) in [6.07, 6.45) is -3.38. The molecule has 0 radical (unpaired) electrons. The number of nitrogens with two attached hydrogens (primary N) is 2. The first-order chi connectivity index (χ1) is 17.4. The first-order valence-corrected chi connectivity index (χ1v) is 11.3. The van der Waals surface area contributed by atoms with Gasteiger partial charge in [-0.25, -0.2) is 9.59 Å². The summed E-state index contributed by atoms with van der Waals surface area (Å²) < 4.78 is 31.7. The van der Waals surface area contributed by atoms with Crippen molar-refractivity contribution in [3.05, 3.63) is 59.2 Å². The van der Waals surface area contributed by atoms with Crippen molar-refractivity contribution in [3.63, 3.8) is 0 Å². The summed E-state index contributed by atoms with van der Waals surface area (Å²) in [5.74, 6) is -2.63. The van der Waals surface area contributed by atoms with Crippen LogP contribution in [-0.2, 0) is 22.6 Å². The minimum absolute atomic E-state index is 0.0424. The standard InChI is InChI=1S/C22H28N6O2.C2HF3O2/c1-15-7-9-17(10-8-15)26-22(30)27-19-5-2-4-16-14-28(13-11-18(16)19)20(29)6-3-12-25-21(23)24;3-2(4,5)1(6)7/h2,4-5,7-10H,3,6,11-14H2,1H3,(H4,23,24,25)(H2,26,27,30);(H,6,7). The third-order valence-corrected chi connectivity index (χ3v) is 5.26. The molecule has 0 unspecified atom stereocenters. The van der Waals surface area contributed by atoms with Gasteiger partial charge in [-0.3, -0.25) is 9.79 Å². The van der Waals surface area contributed by atoms with Gasteiger partial charge in [0, 0.05) is 37.4 Å². The molecule has 3 rings (SSSR count). The number of rotatable bonds is 6. The number of carboxylic acid groups (broad SMARTS) is 1. The summed E-state index contributed by atoms with van der Waals surface area (Å²) in [5, 5.41) is 12.9. The van der Waals surface area contributed by atoms with Crippen molar-refractivity contribution >= 4 is 35.2 Å². The molecular weight excluding hydrogens is 493 g/mol. The second kappa shape index (κ2) is 13.1. The van der Waals surface area contributed by atoms with E-state index in [1.165, 1.54) is 0 Å². The van der Waals surface area contributed by atoms with Gasteiger partial charge in [0.05, 0.1) is 0 Å². The van der Waals surface area contributed by atoms with Crippen LogP contribution in [0.3, 0.4) is 0 Å². The van der Waals surface area contributed by atoms with E-state index in [-0.39, 0.29) is 17.9 Å². The SMILES string of the molecule is Cc1ccc(NC(=O)Nc2cccc3c2CCN(C(=O)CCCN=C(N)N)C3)cc1.O=C(O)C(F)(F)F. The number of carbonyl (C=O) groups excluding carboxylic acids is 2. The molecule has 200 valence electrons. The minimum atomic E-state index is -5.08. The molecule has 0 bridgehead atoms. The molecule has 1 heterocycles. The maximum absolute atomic E-state index is 12.5. The number of nitrogens with one attached hydrogen (secondary N) is 2. The Kier molecular flexibility index (Phi) is 10.3. The van der Waals surface area contributed by atoms with Crippen molar-refractivity contribution in [2.45, 2.75) is 38.9 Å². The molecule has 1 aliphatic heterocycles. The highest BCUT2D eigenvalue weighted by molar-refractivity contribution is 6.00. The molecule has 0 aliphatic carbocycles. The lowest BCUT2D eigenvalue weighted by Gasteiger charge is -2.30. The molecule has 7 N–H and O–H groups in total. The van der Waals surface area contributed by atoms with E-state index in [1.807, 2.05) is 54.3 Å². The van der Waals surface area contributed by atoms with E-state index in [2.05, 4.69) is 15.6 Å². The first kappa shape index (κ1) is 28.9. The van der Waals surface area contributed by atoms with Crippen LogP contribution in [0.15, 0.2) is 47.5 Å². The molecule has 13 heteroatoms. The number of benzene rings is 2. The largest absolute Gasteiger partial charge is 0.490 e. The van der Waals surface area contributed by atoms with Crippen molar-refractivity contribution in [1.82, 2.24) is 4.90 Å². The predicted molar refractivity (Wildman–Crippen MR) is 133 cm³/mol. The van der Waals surface area contributed by atoms with Crippen molar-refractivity contribution in [3.8, 4) is 0 Å². The fraction of sp³-hybridized carbons (Fsp3) is 0.333. The molecule has 0 fully saturated rings. The smallest absolute Gasteiger partial charge is 0.475 e. The van der Waals surface area contributed by atoms with Crippen LogP contribution in [0.25, 0.3) is 0 Å². The Morgan fingerprint density at radius 3 is 2.32 bits per heavy atom. The number of anilines is 2. The van der Waals surface area contributed by atoms with Crippen LogP contribution in [0.5, 0.6) is 0 Å². The number of aliphatic imine (C=N–C) groups is 1. The van der Waals surface area contributed by atoms with Gasteiger partial charge in [-0.2, -0.15) is 13.2 Å². The Morgan fingerprint density at radius 2 is 1.73 bits per heavy atom. The van der Waals surface area contributed by atoms with E-state index in [1.54, 1.807) is 0 Å². The first-order valence-electron chi connectivity index (χ1n) is 11.3.